The summed E-state index contributed by atoms with van der Waals surface area (Å²) in [6.07, 6.45) is 4.14. The zero-order chi connectivity index (χ0) is 15.2. The van der Waals surface area contributed by atoms with Crippen LogP contribution in [0.15, 0.2) is 24.3 Å². The molecule has 0 aromatic heterocycles. The first kappa shape index (κ1) is 16.0. The lowest BCUT2D eigenvalue weighted by atomic mass is 9.93. The Kier molecular flexibility index (Phi) is 5.80. The maximum atomic E-state index is 12.4. The van der Waals surface area contributed by atoms with Crippen LogP contribution in [-0.2, 0) is 4.79 Å². The van der Waals surface area contributed by atoms with Crippen molar-refractivity contribution in [2.24, 2.45) is 5.92 Å². The second-order valence-corrected chi connectivity index (χ2v) is 6.27. The largest absolute Gasteiger partial charge is 0.339 e. The summed E-state index contributed by atoms with van der Waals surface area (Å²) in [4.78, 5) is 14.3. The first-order valence-corrected chi connectivity index (χ1v) is 8.11. The number of carbonyl (C=O) groups is 1. The molecule has 1 aliphatic rings. The summed E-state index contributed by atoms with van der Waals surface area (Å²) in [5, 5.41) is 3.38. The van der Waals surface area contributed by atoms with Crippen molar-refractivity contribution in [2.45, 2.75) is 45.6 Å². The summed E-state index contributed by atoms with van der Waals surface area (Å²) in [6, 6.07) is 8.47. The molecule has 116 valence electrons. The first-order valence-electron chi connectivity index (χ1n) is 8.11. The molecule has 2 rings (SSSR count). The Morgan fingerprint density at radius 2 is 2.00 bits per heavy atom. The zero-order valence-corrected chi connectivity index (χ0v) is 13.6. The van der Waals surface area contributed by atoms with Gasteiger partial charge in [0, 0.05) is 13.5 Å². The minimum absolute atomic E-state index is 0.145. The molecule has 1 aliphatic heterocycles. The molecule has 1 heterocycles. The topological polar surface area (TPSA) is 32.3 Å². The molecule has 1 atom stereocenters. The van der Waals surface area contributed by atoms with Crippen LogP contribution in [0.25, 0.3) is 0 Å². The van der Waals surface area contributed by atoms with Gasteiger partial charge in [-0.05, 0) is 63.2 Å². The lowest BCUT2D eigenvalue weighted by Crippen LogP contribution is -2.32. The first-order chi connectivity index (χ1) is 10.1. The van der Waals surface area contributed by atoms with Gasteiger partial charge in [0.1, 0.15) is 0 Å². The number of benzene rings is 1. The van der Waals surface area contributed by atoms with Crippen LogP contribution in [0.1, 0.15) is 49.8 Å². The lowest BCUT2D eigenvalue weighted by Gasteiger charge is -2.28. The Balaban J connectivity index is 1.88. The molecule has 1 amide bonds. The van der Waals surface area contributed by atoms with E-state index in [4.69, 9.17) is 0 Å². The summed E-state index contributed by atoms with van der Waals surface area (Å²) in [5.41, 5.74) is 2.50. The third kappa shape index (κ3) is 4.31. The predicted octanol–water partition coefficient (Wildman–Crippen LogP) is 3.29. The molecule has 1 aromatic rings. The van der Waals surface area contributed by atoms with Gasteiger partial charge in [0.05, 0.1) is 6.04 Å². The van der Waals surface area contributed by atoms with E-state index in [-0.39, 0.29) is 11.9 Å². The van der Waals surface area contributed by atoms with Crippen molar-refractivity contribution in [1.82, 2.24) is 10.2 Å². The van der Waals surface area contributed by atoms with Crippen molar-refractivity contribution in [3.05, 3.63) is 35.4 Å². The van der Waals surface area contributed by atoms with E-state index in [2.05, 4.69) is 31.3 Å². The summed E-state index contributed by atoms with van der Waals surface area (Å²) < 4.78 is 0. The Morgan fingerprint density at radius 1 is 1.33 bits per heavy atom. The van der Waals surface area contributed by atoms with Crippen molar-refractivity contribution in [1.29, 1.82) is 0 Å². The second-order valence-electron chi connectivity index (χ2n) is 6.27. The Morgan fingerprint density at radius 3 is 2.67 bits per heavy atom. The zero-order valence-electron chi connectivity index (χ0n) is 13.6. The van der Waals surface area contributed by atoms with Gasteiger partial charge in [-0.25, -0.2) is 0 Å². The monoisotopic (exact) mass is 288 g/mol. The van der Waals surface area contributed by atoms with Crippen molar-refractivity contribution in [2.75, 3.05) is 20.1 Å². The number of piperidine rings is 1. The molecule has 0 radical (unpaired) electrons. The fourth-order valence-corrected chi connectivity index (χ4v) is 3.15. The molecule has 1 aromatic carbocycles. The van der Waals surface area contributed by atoms with Crippen LogP contribution in [-0.4, -0.2) is 30.9 Å². The predicted molar refractivity (Wildman–Crippen MR) is 87.2 cm³/mol. The number of aryl methyl sites for hydroxylation is 1. The number of rotatable bonds is 5. The van der Waals surface area contributed by atoms with Gasteiger partial charge in [-0.3, -0.25) is 4.79 Å². The molecule has 0 bridgehead atoms. The van der Waals surface area contributed by atoms with Crippen LogP contribution in [0, 0.1) is 12.8 Å². The molecule has 1 fully saturated rings. The number of hydrogen-bond acceptors (Lipinski definition) is 2. The third-order valence-corrected chi connectivity index (χ3v) is 4.84. The fourth-order valence-electron chi connectivity index (χ4n) is 3.15. The molecule has 1 N–H and O–H groups in total. The number of nitrogens with zero attached hydrogens (tertiary/aromatic N) is 1. The van der Waals surface area contributed by atoms with Gasteiger partial charge in [0.2, 0.25) is 5.91 Å². The Labute approximate surface area is 128 Å². The van der Waals surface area contributed by atoms with Crippen LogP contribution >= 0.6 is 0 Å². The van der Waals surface area contributed by atoms with Gasteiger partial charge in [-0.2, -0.15) is 0 Å². The molecule has 3 heteroatoms. The highest BCUT2D eigenvalue weighted by Gasteiger charge is 2.20. The quantitative estimate of drug-likeness (QED) is 0.901. The Hall–Kier alpha value is -1.35. The summed E-state index contributed by atoms with van der Waals surface area (Å²) >= 11 is 0. The van der Waals surface area contributed by atoms with E-state index in [9.17, 15) is 4.79 Å². The van der Waals surface area contributed by atoms with E-state index in [1.807, 2.05) is 24.1 Å². The number of nitrogens with one attached hydrogen (secondary N) is 1. The highest BCUT2D eigenvalue weighted by molar-refractivity contribution is 5.76. The van der Waals surface area contributed by atoms with Gasteiger partial charge in [0.15, 0.2) is 0 Å². The highest BCUT2D eigenvalue weighted by atomic mass is 16.2. The molecule has 1 saturated heterocycles. The second kappa shape index (κ2) is 7.60. The summed E-state index contributed by atoms with van der Waals surface area (Å²) in [7, 11) is 1.93. The summed E-state index contributed by atoms with van der Waals surface area (Å²) in [6.45, 7) is 6.44. The van der Waals surface area contributed by atoms with Crippen LogP contribution in [0.3, 0.4) is 0 Å². The maximum Gasteiger partial charge on any atom is 0.222 e. The standard InChI is InChI=1S/C18H28N2O/c1-14-6-4-5-7-17(14)15(2)20(3)18(21)9-8-16-10-12-19-13-11-16/h4-7,15-16,19H,8-13H2,1-3H3. The Bertz CT molecular complexity index is 466. The maximum absolute atomic E-state index is 12.4. The number of amides is 1. The molecular formula is C18H28N2O. The normalized spacial score (nSPS) is 17.5. The van der Waals surface area contributed by atoms with E-state index in [0.29, 0.717) is 6.42 Å². The average molecular weight is 288 g/mol. The SMILES string of the molecule is Cc1ccccc1C(C)N(C)C(=O)CCC1CCNCC1. The van der Waals surface area contributed by atoms with E-state index >= 15 is 0 Å². The molecule has 0 saturated carbocycles. The van der Waals surface area contributed by atoms with Gasteiger partial charge < -0.3 is 10.2 Å². The minimum atomic E-state index is 0.145. The van der Waals surface area contributed by atoms with E-state index in [0.717, 1.165) is 25.4 Å². The average Bonchev–Trinajstić information content (AvgIpc) is 2.52. The van der Waals surface area contributed by atoms with Crippen molar-refractivity contribution >= 4 is 5.91 Å². The molecule has 3 nitrogen and oxygen atoms in total. The van der Waals surface area contributed by atoms with Gasteiger partial charge in [-0.1, -0.05) is 24.3 Å². The third-order valence-electron chi connectivity index (χ3n) is 4.84. The van der Waals surface area contributed by atoms with Gasteiger partial charge in [-0.15, -0.1) is 0 Å². The molecule has 21 heavy (non-hydrogen) atoms. The molecule has 0 spiro atoms. The van der Waals surface area contributed by atoms with E-state index in [1.54, 1.807) is 0 Å². The molecule has 1 unspecified atom stereocenters. The lowest BCUT2D eigenvalue weighted by molar-refractivity contribution is -0.132. The van der Waals surface area contributed by atoms with Crippen LogP contribution in [0.2, 0.25) is 0 Å². The van der Waals surface area contributed by atoms with Gasteiger partial charge in [0.25, 0.3) is 0 Å². The van der Waals surface area contributed by atoms with E-state index in [1.165, 1.54) is 24.0 Å². The smallest absolute Gasteiger partial charge is 0.222 e. The van der Waals surface area contributed by atoms with E-state index < -0.39 is 0 Å². The van der Waals surface area contributed by atoms with Crippen LogP contribution < -0.4 is 5.32 Å². The van der Waals surface area contributed by atoms with Gasteiger partial charge >= 0.3 is 0 Å². The molecular weight excluding hydrogens is 260 g/mol. The fraction of sp³-hybridized carbons (Fsp3) is 0.611. The summed E-state index contributed by atoms with van der Waals surface area (Å²) in [5.74, 6) is 0.988. The number of carbonyl (C=O) groups excluding carboxylic acids is 1. The minimum Gasteiger partial charge on any atom is -0.339 e. The van der Waals surface area contributed by atoms with Crippen molar-refractivity contribution in [3.8, 4) is 0 Å². The van der Waals surface area contributed by atoms with Crippen molar-refractivity contribution in [3.63, 3.8) is 0 Å². The van der Waals surface area contributed by atoms with Crippen molar-refractivity contribution < 1.29 is 4.79 Å². The van der Waals surface area contributed by atoms with Crippen LogP contribution in [0.5, 0.6) is 0 Å². The van der Waals surface area contributed by atoms with Crippen LogP contribution in [0.4, 0.5) is 0 Å². The molecule has 0 aliphatic carbocycles. The highest BCUT2D eigenvalue weighted by Crippen LogP contribution is 2.24. The number of hydrogen-bond donors (Lipinski definition) is 1.